The molecule has 0 saturated carbocycles. The van der Waals surface area contributed by atoms with E-state index in [1.807, 2.05) is 19.9 Å². The van der Waals surface area contributed by atoms with Crippen molar-refractivity contribution in [3.05, 3.63) is 53.9 Å². The lowest BCUT2D eigenvalue weighted by atomic mass is 10.0. The van der Waals surface area contributed by atoms with Gasteiger partial charge in [0.15, 0.2) is 0 Å². The Morgan fingerprint density at radius 2 is 1.96 bits per heavy atom. The van der Waals surface area contributed by atoms with E-state index in [2.05, 4.69) is 37.8 Å². The fourth-order valence-corrected chi connectivity index (χ4v) is 5.17. The second kappa shape index (κ2) is 7.56. The summed E-state index contributed by atoms with van der Waals surface area (Å²) in [5.41, 5.74) is 3.75. The third kappa shape index (κ3) is 3.52. The molecule has 3 aromatic rings. The molecular weight excluding hydrogens is 372 g/mol. The van der Waals surface area contributed by atoms with E-state index in [1.165, 1.54) is 22.8 Å². The fourth-order valence-electron chi connectivity index (χ4n) is 3.82. The minimum absolute atomic E-state index is 0.0490. The molecule has 1 aliphatic rings. The molecule has 0 atom stereocenters. The largest absolute Gasteiger partial charge is 0.358 e. The summed E-state index contributed by atoms with van der Waals surface area (Å²) in [6.45, 7) is 5.58. The number of aromatic nitrogens is 2. The van der Waals surface area contributed by atoms with Crippen LogP contribution in [0.25, 0.3) is 10.9 Å². The molecule has 28 heavy (non-hydrogen) atoms. The van der Waals surface area contributed by atoms with Gasteiger partial charge >= 0.3 is 0 Å². The molecule has 0 spiro atoms. The molecule has 0 radical (unpaired) electrons. The highest BCUT2D eigenvalue weighted by atomic mass is 32.2. The molecule has 2 N–H and O–H groups in total. The van der Waals surface area contributed by atoms with E-state index in [0.29, 0.717) is 0 Å². The molecule has 1 aromatic carbocycles. The van der Waals surface area contributed by atoms with Crippen molar-refractivity contribution in [1.82, 2.24) is 14.7 Å². The van der Waals surface area contributed by atoms with Crippen LogP contribution in [0.5, 0.6) is 0 Å². The average molecular weight is 399 g/mol. The quantitative estimate of drug-likeness (QED) is 0.665. The van der Waals surface area contributed by atoms with Crippen LogP contribution in [0.3, 0.4) is 0 Å². The average Bonchev–Trinajstić information content (AvgIpc) is 3.10. The van der Waals surface area contributed by atoms with Gasteiger partial charge in [0.05, 0.1) is 0 Å². The third-order valence-corrected chi connectivity index (χ3v) is 7.05. The van der Waals surface area contributed by atoms with Crippen LogP contribution in [0.2, 0.25) is 0 Å². The Morgan fingerprint density at radius 3 is 2.68 bits per heavy atom. The number of anilines is 1. The smallest absolute Gasteiger partial charge is 0.242 e. The number of rotatable bonds is 6. The van der Waals surface area contributed by atoms with E-state index in [9.17, 15) is 8.42 Å². The standard InChI is InChI=1S/C21H26N4O2S/c1-3-15(4-2)24-28(26,27)16-9-10-21(22-13-16)25-12-11-20-18(14-25)17-7-5-6-8-19(17)23-20/h5-10,13,15,23-24H,3-4,11-12,14H2,1-2H3. The van der Waals surface area contributed by atoms with E-state index in [4.69, 9.17) is 0 Å². The van der Waals surface area contributed by atoms with Crippen LogP contribution in [-0.2, 0) is 23.0 Å². The summed E-state index contributed by atoms with van der Waals surface area (Å²) < 4.78 is 27.9. The Bertz CT molecular complexity index is 1070. The first-order valence-electron chi connectivity index (χ1n) is 9.83. The topological polar surface area (TPSA) is 78.1 Å². The van der Waals surface area contributed by atoms with E-state index in [1.54, 1.807) is 12.1 Å². The summed E-state index contributed by atoms with van der Waals surface area (Å²) in [6.07, 6.45) is 3.91. The van der Waals surface area contributed by atoms with Gasteiger partial charge in [-0.2, -0.15) is 0 Å². The maximum Gasteiger partial charge on any atom is 0.242 e. The van der Waals surface area contributed by atoms with E-state index < -0.39 is 10.0 Å². The molecule has 4 rings (SSSR count). The van der Waals surface area contributed by atoms with Crippen molar-refractivity contribution in [2.75, 3.05) is 11.4 Å². The molecule has 1 aliphatic heterocycles. The maximum absolute atomic E-state index is 12.6. The zero-order valence-corrected chi connectivity index (χ0v) is 17.1. The molecule has 0 saturated heterocycles. The normalized spacial score (nSPS) is 14.6. The summed E-state index contributed by atoms with van der Waals surface area (Å²) in [7, 11) is -3.54. The van der Waals surface area contributed by atoms with Gasteiger partial charge in [0, 0.05) is 53.9 Å². The Morgan fingerprint density at radius 1 is 1.18 bits per heavy atom. The lowest BCUT2D eigenvalue weighted by molar-refractivity contribution is 0.530. The first-order valence-corrected chi connectivity index (χ1v) is 11.3. The Kier molecular flexibility index (Phi) is 5.12. The number of nitrogens with zero attached hydrogens (tertiary/aromatic N) is 2. The highest BCUT2D eigenvalue weighted by molar-refractivity contribution is 7.89. The molecule has 6 nitrogen and oxygen atoms in total. The predicted molar refractivity (Wildman–Crippen MR) is 112 cm³/mol. The van der Waals surface area contributed by atoms with E-state index in [0.717, 1.165) is 43.7 Å². The minimum Gasteiger partial charge on any atom is -0.358 e. The van der Waals surface area contributed by atoms with Crippen molar-refractivity contribution < 1.29 is 8.42 Å². The number of para-hydroxylation sites is 1. The lowest BCUT2D eigenvalue weighted by Gasteiger charge is -2.28. The summed E-state index contributed by atoms with van der Waals surface area (Å²) in [5.74, 6) is 0.803. The minimum atomic E-state index is -3.54. The number of H-pyrrole nitrogens is 1. The van der Waals surface area contributed by atoms with Crippen LogP contribution in [0, 0.1) is 0 Å². The summed E-state index contributed by atoms with van der Waals surface area (Å²) in [6, 6.07) is 11.7. The lowest BCUT2D eigenvalue weighted by Crippen LogP contribution is -2.34. The first-order chi connectivity index (χ1) is 13.5. The van der Waals surface area contributed by atoms with Crippen molar-refractivity contribution in [2.45, 2.75) is 50.6 Å². The monoisotopic (exact) mass is 398 g/mol. The molecule has 3 heterocycles. The summed E-state index contributed by atoms with van der Waals surface area (Å²) in [5, 5.41) is 1.25. The van der Waals surface area contributed by atoms with Gasteiger partial charge in [-0.05, 0) is 31.0 Å². The number of hydrogen-bond donors (Lipinski definition) is 2. The van der Waals surface area contributed by atoms with Crippen LogP contribution in [-0.4, -0.2) is 31.0 Å². The van der Waals surface area contributed by atoms with Crippen molar-refractivity contribution in [3.8, 4) is 0 Å². The number of pyridine rings is 1. The second-order valence-electron chi connectivity index (χ2n) is 7.29. The number of hydrogen-bond acceptors (Lipinski definition) is 4. The van der Waals surface area contributed by atoms with Crippen molar-refractivity contribution in [1.29, 1.82) is 0 Å². The van der Waals surface area contributed by atoms with Gasteiger partial charge in [-0.15, -0.1) is 0 Å². The van der Waals surface area contributed by atoms with Crippen molar-refractivity contribution >= 4 is 26.7 Å². The highest BCUT2D eigenvalue weighted by Gasteiger charge is 2.23. The molecule has 7 heteroatoms. The number of fused-ring (bicyclic) bond motifs is 3. The fraction of sp³-hybridized carbons (Fsp3) is 0.381. The van der Waals surface area contributed by atoms with Crippen LogP contribution in [0.1, 0.15) is 37.9 Å². The molecule has 0 aliphatic carbocycles. The van der Waals surface area contributed by atoms with Gasteiger partial charge < -0.3 is 9.88 Å². The van der Waals surface area contributed by atoms with Gasteiger partial charge in [-0.25, -0.2) is 18.1 Å². The van der Waals surface area contributed by atoms with Crippen LogP contribution < -0.4 is 9.62 Å². The Balaban J connectivity index is 1.55. The molecule has 0 fully saturated rings. The van der Waals surface area contributed by atoms with Gasteiger partial charge in [-0.3, -0.25) is 0 Å². The van der Waals surface area contributed by atoms with Crippen LogP contribution in [0.4, 0.5) is 5.82 Å². The summed E-state index contributed by atoms with van der Waals surface area (Å²) in [4.78, 5) is 10.4. The summed E-state index contributed by atoms with van der Waals surface area (Å²) >= 11 is 0. The third-order valence-electron chi connectivity index (χ3n) is 5.55. The predicted octanol–water partition coefficient (Wildman–Crippen LogP) is 3.59. The SMILES string of the molecule is CCC(CC)NS(=O)(=O)c1ccc(N2CCc3[nH]c4ccccc4c3C2)nc1. The first kappa shape index (κ1) is 19.0. The van der Waals surface area contributed by atoms with E-state index >= 15 is 0 Å². The molecular formula is C21H26N4O2S. The van der Waals surface area contributed by atoms with Gasteiger partial charge in [-0.1, -0.05) is 32.0 Å². The van der Waals surface area contributed by atoms with Gasteiger partial charge in [0.25, 0.3) is 0 Å². The van der Waals surface area contributed by atoms with Crippen LogP contribution >= 0.6 is 0 Å². The molecule has 0 bridgehead atoms. The van der Waals surface area contributed by atoms with E-state index in [-0.39, 0.29) is 10.9 Å². The number of sulfonamides is 1. The second-order valence-corrected chi connectivity index (χ2v) is 9.00. The molecule has 148 valence electrons. The molecule has 2 aromatic heterocycles. The van der Waals surface area contributed by atoms with Gasteiger partial charge in [0.2, 0.25) is 10.0 Å². The maximum atomic E-state index is 12.6. The Hall–Kier alpha value is -2.38. The zero-order chi connectivity index (χ0) is 19.7. The van der Waals surface area contributed by atoms with Crippen LogP contribution in [0.15, 0.2) is 47.5 Å². The molecule has 0 unspecified atom stereocenters. The number of aromatic amines is 1. The zero-order valence-electron chi connectivity index (χ0n) is 16.3. The molecule has 0 amide bonds. The number of benzene rings is 1. The number of nitrogens with one attached hydrogen (secondary N) is 2. The van der Waals surface area contributed by atoms with Gasteiger partial charge in [0.1, 0.15) is 10.7 Å². The Labute approximate surface area is 166 Å². The van der Waals surface area contributed by atoms with Crippen molar-refractivity contribution in [3.63, 3.8) is 0 Å². The highest BCUT2D eigenvalue weighted by Crippen LogP contribution is 2.29. The van der Waals surface area contributed by atoms with Crippen molar-refractivity contribution in [2.24, 2.45) is 0 Å².